The highest BCUT2D eigenvalue weighted by atomic mass is 16.5. The zero-order valence-corrected chi connectivity index (χ0v) is 18.5. The Kier molecular flexibility index (Phi) is 7.20. The zero-order chi connectivity index (χ0) is 22.2. The van der Waals surface area contributed by atoms with Crippen molar-refractivity contribution in [3.63, 3.8) is 0 Å². The first-order chi connectivity index (χ1) is 15.7. The molecule has 164 valence electrons. The minimum Gasteiger partial charge on any atom is -0.496 e. The van der Waals surface area contributed by atoms with Gasteiger partial charge < -0.3 is 19.9 Å². The van der Waals surface area contributed by atoms with E-state index in [1.165, 1.54) is 17.3 Å². The molecule has 0 aromatic heterocycles. The topological polar surface area (TPSA) is 46.0 Å². The van der Waals surface area contributed by atoms with Gasteiger partial charge in [0.05, 0.1) is 33.3 Å². The van der Waals surface area contributed by atoms with Crippen molar-refractivity contribution in [2.45, 2.75) is 6.54 Å². The lowest BCUT2D eigenvalue weighted by Crippen LogP contribution is -3.13. The number of nitrogens with one attached hydrogen (secondary N) is 2. The highest BCUT2D eigenvalue weighted by molar-refractivity contribution is 6.02. The second kappa shape index (κ2) is 10.6. The Hall–Kier alpha value is -3.57. The number of benzene rings is 3. The summed E-state index contributed by atoms with van der Waals surface area (Å²) < 4.78 is 5.31. The smallest absolute Gasteiger partial charge is 0.248 e. The van der Waals surface area contributed by atoms with Gasteiger partial charge in [0, 0.05) is 28.6 Å². The van der Waals surface area contributed by atoms with Crippen LogP contribution in [0.1, 0.15) is 11.1 Å². The molecule has 1 heterocycles. The quantitative estimate of drug-likeness (QED) is 0.568. The van der Waals surface area contributed by atoms with Crippen LogP contribution in [-0.4, -0.2) is 39.2 Å². The number of hydrogen-bond acceptors (Lipinski definition) is 3. The van der Waals surface area contributed by atoms with Gasteiger partial charge in [-0.3, -0.25) is 4.79 Å². The molecule has 2 N–H and O–H groups in total. The fraction of sp³-hybridized carbons (Fsp3) is 0.222. The summed E-state index contributed by atoms with van der Waals surface area (Å²) >= 11 is 0. The third-order valence-electron chi connectivity index (χ3n) is 5.82. The van der Waals surface area contributed by atoms with Crippen molar-refractivity contribution >= 4 is 23.4 Å². The summed E-state index contributed by atoms with van der Waals surface area (Å²) in [6.07, 6.45) is 3.29. The highest BCUT2D eigenvalue weighted by Gasteiger charge is 2.20. The van der Waals surface area contributed by atoms with E-state index in [1.54, 1.807) is 18.1 Å². The predicted molar refractivity (Wildman–Crippen MR) is 130 cm³/mol. The Morgan fingerprint density at radius 3 is 2.38 bits per heavy atom. The number of amides is 1. The Morgan fingerprint density at radius 2 is 1.66 bits per heavy atom. The van der Waals surface area contributed by atoms with Crippen molar-refractivity contribution in [1.82, 2.24) is 0 Å². The van der Waals surface area contributed by atoms with E-state index in [-0.39, 0.29) is 5.91 Å². The maximum absolute atomic E-state index is 12.3. The van der Waals surface area contributed by atoms with Gasteiger partial charge in [0.25, 0.3) is 0 Å². The van der Waals surface area contributed by atoms with Gasteiger partial charge in [0.1, 0.15) is 12.3 Å². The minimum atomic E-state index is -0.165. The standard InChI is InChI=1S/C27H29N3O2/c1-32-26-10-6-5-9-23(26)11-16-27(31)28-24-12-14-25(15-13-24)30-19-17-29(18-20-30)21-22-7-3-2-4-8-22/h2-16H,17-21H2,1H3,(H,28,31)/p+1/b16-11+. The van der Waals surface area contributed by atoms with E-state index in [9.17, 15) is 4.79 Å². The van der Waals surface area contributed by atoms with Crippen LogP contribution in [0.2, 0.25) is 0 Å². The molecule has 3 aromatic carbocycles. The SMILES string of the molecule is COc1ccccc1/C=C/C(=O)Nc1ccc(N2CC[NH+](Cc3ccccc3)CC2)cc1. The molecule has 1 saturated heterocycles. The summed E-state index contributed by atoms with van der Waals surface area (Å²) in [6, 6.07) is 26.4. The number of quaternary nitrogens is 1. The fourth-order valence-corrected chi connectivity index (χ4v) is 4.05. The minimum absolute atomic E-state index is 0.165. The monoisotopic (exact) mass is 428 g/mol. The summed E-state index contributed by atoms with van der Waals surface area (Å²) in [4.78, 5) is 16.3. The first kappa shape index (κ1) is 21.7. The van der Waals surface area contributed by atoms with Gasteiger partial charge in [0.15, 0.2) is 0 Å². The van der Waals surface area contributed by atoms with Crippen LogP contribution in [0.15, 0.2) is 84.9 Å². The summed E-state index contributed by atoms with van der Waals surface area (Å²) in [5.41, 5.74) is 4.26. The third-order valence-corrected chi connectivity index (χ3v) is 5.82. The molecular formula is C27H30N3O2+. The van der Waals surface area contributed by atoms with Gasteiger partial charge in [-0.2, -0.15) is 0 Å². The van der Waals surface area contributed by atoms with Crippen molar-refractivity contribution < 1.29 is 14.4 Å². The maximum atomic E-state index is 12.3. The first-order valence-electron chi connectivity index (χ1n) is 11.1. The molecule has 32 heavy (non-hydrogen) atoms. The molecule has 5 heteroatoms. The van der Waals surface area contributed by atoms with E-state index in [0.717, 1.165) is 49.7 Å². The second-order valence-corrected chi connectivity index (χ2v) is 8.01. The predicted octanol–water partition coefficient (Wildman–Crippen LogP) is 3.25. The van der Waals surface area contributed by atoms with Crippen molar-refractivity contribution in [2.75, 3.05) is 43.5 Å². The number of ether oxygens (including phenoxy) is 1. The average molecular weight is 429 g/mol. The fourth-order valence-electron chi connectivity index (χ4n) is 4.05. The number of carbonyl (C=O) groups excluding carboxylic acids is 1. The van der Waals surface area contributed by atoms with Crippen LogP contribution in [0.5, 0.6) is 5.75 Å². The van der Waals surface area contributed by atoms with Gasteiger partial charge in [-0.05, 0) is 36.4 Å². The second-order valence-electron chi connectivity index (χ2n) is 8.01. The Balaban J connectivity index is 1.28. The number of piperazine rings is 1. The number of para-hydroxylation sites is 1. The molecule has 3 aromatic rings. The first-order valence-corrected chi connectivity index (χ1v) is 11.1. The molecule has 5 nitrogen and oxygen atoms in total. The van der Waals surface area contributed by atoms with Gasteiger partial charge in [-0.25, -0.2) is 0 Å². The van der Waals surface area contributed by atoms with E-state index in [4.69, 9.17) is 4.74 Å². The van der Waals surface area contributed by atoms with Crippen molar-refractivity contribution in [1.29, 1.82) is 0 Å². The van der Waals surface area contributed by atoms with E-state index in [1.807, 2.05) is 36.4 Å². The van der Waals surface area contributed by atoms with E-state index in [0.29, 0.717) is 0 Å². The molecule has 0 unspecified atom stereocenters. The Morgan fingerprint density at radius 1 is 0.969 bits per heavy atom. The van der Waals surface area contributed by atoms with Gasteiger partial charge >= 0.3 is 0 Å². The molecule has 0 spiro atoms. The number of nitrogens with zero attached hydrogens (tertiary/aromatic N) is 1. The van der Waals surface area contributed by atoms with Crippen LogP contribution in [0.3, 0.4) is 0 Å². The highest BCUT2D eigenvalue weighted by Crippen LogP contribution is 2.20. The maximum Gasteiger partial charge on any atom is 0.248 e. The van der Waals surface area contributed by atoms with Crippen LogP contribution >= 0.6 is 0 Å². The Bertz CT molecular complexity index is 1040. The third kappa shape index (κ3) is 5.77. The summed E-state index contributed by atoms with van der Waals surface area (Å²) in [7, 11) is 1.62. The normalized spacial score (nSPS) is 14.5. The Labute approximate surface area is 189 Å². The molecular weight excluding hydrogens is 398 g/mol. The number of hydrogen-bond donors (Lipinski definition) is 2. The number of methoxy groups -OCH3 is 1. The molecule has 0 atom stereocenters. The molecule has 1 aliphatic heterocycles. The van der Waals surface area contributed by atoms with Crippen LogP contribution in [0.25, 0.3) is 6.08 Å². The van der Waals surface area contributed by atoms with Crippen molar-refractivity contribution in [2.24, 2.45) is 0 Å². The van der Waals surface area contributed by atoms with E-state index >= 15 is 0 Å². The number of carbonyl (C=O) groups is 1. The van der Waals surface area contributed by atoms with Gasteiger partial charge in [-0.1, -0.05) is 48.5 Å². The summed E-state index contributed by atoms with van der Waals surface area (Å²) in [5.74, 6) is 0.577. The van der Waals surface area contributed by atoms with Crippen molar-refractivity contribution in [3.8, 4) is 5.75 Å². The molecule has 1 fully saturated rings. The number of rotatable bonds is 7. The largest absolute Gasteiger partial charge is 0.496 e. The molecule has 1 aliphatic rings. The van der Waals surface area contributed by atoms with E-state index in [2.05, 4.69) is 52.7 Å². The van der Waals surface area contributed by atoms with Crippen molar-refractivity contribution in [3.05, 3.63) is 96.1 Å². The van der Waals surface area contributed by atoms with Gasteiger partial charge in [0.2, 0.25) is 5.91 Å². The van der Waals surface area contributed by atoms with Crippen LogP contribution in [0, 0.1) is 0 Å². The molecule has 4 rings (SSSR count). The van der Waals surface area contributed by atoms with Crippen LogP contribution in [-0.2, 0) is 11.3 Å². The van der Waals surface area contributed by atoms with Gasteiger partial charge in [-0.15, -0.1) is 0 Å². The lowest BCUT2D eigenvalue weighted by atomic mass is 10.2. The zero-order valence-electron chi connectivity index (χ0n) is 18.5. The van der Waals surface area contributed by atoms with Crippen LogP contribution in [0.4, 0.5) is 11.4 Å². The molecule has 1 amide bonds. The average Bonchev–Trinajstić information content (AvgIpc) is 2.84. The molecule has 0 saturated carbocycles. The van der Waals surface area contributed by atoms with E-state index < -0.39 is 0 Å². The van der Waals surface area contributed by atoms with Crippen LogP contribution < -0.4 is 19.9 Å². The number of anilines is 2. The summed E-state index contributed by atoms with van der Waals surface area (Å²) in [6.45, 7) is 5.41. The molecule has 0 bridgehead atoms. The lowest BCUT2D eigenvalue weighted by molar-refractivity contribution is -0.914. The summed E-state index contributed by atoms with van der Waals surface area (Å²) in [5, 5.41) is 2.92. The molecule has 0 aliphatic carbocycles. The lowest BCUT2D eigenvalue weighted by Gasteiger charge is -2.33. The molecule has 0 radical (unpaired) electrons.